The van der Waals surface area contributed by atoms with Crippen LogP contribution in [0.15, 0.2) is 48.5 Å². The van der Waals surface area contributed by atoms with Crippen LogP contribution >= 0.6 is 0 Å². The highest BCUT2D eigenvalue weighted by molar-refractivity contribution is 5.88. The van der Waals surface area contributed by atoms with E-state index in [1.54, 1.807) is 13.1 Å². The van der Waals surface area contributed by atoms with Gasteiger partial charge in [0.2, 0.25) is 5.82 Å². The van der Waals surface area contributed by atoms with Gasteiger partial charge in [0.05, 0.1) is 12.6 Å². The summed E-state index contributed by atoms with van der Waals surface area (Å²) < 4.78 is 6.38. The lowest BCUT2D eigenvalue weighted by Crippen LogP contribution is -2.46. The van der Waals surface area contributed by atoms with E-state index >= 15 is 0 Å². The predicted octanol–water partition coefficient (Wildman–Crippen LogP) is 3.56. The quantitative estimate of drug-likeness (QED) is 0.678. The van der Waals surface area contributed by atoms with E-state index in [-0.39, 0.29) is 11.4 Å². The van der Waals surface area contributed by atoms with Crippen LogP contribution in [0.25, 0.3) is 17.0 Å². The fraction of sp³-hybridized carbons (Fsp3) is 0.348. The number of ether oxygens (including phenoxy) is 1. The van der Waals surface area contributed by atoms with E-state index < -0.39 is 0 Å². The fourth-order valence-electron chi connectivity index (χ4n) is 3.98. The zero-order valence-electron chi connectivity index (χ0n) is 17.6. The van der Waals surface area contributed by atoms with E-state index in [4.69, 9.17) is 4.74 Å². The summed E-state index contributed by atoms with van der Waals surface area (Å²) in [5.74, 6) is 1.55. The molecular weight excluding hydrogens is 378 g/mol. The Morgan fingerprint density at radius 3 is 2.40 bits per heavy atom. The molecule has 0 saturated carbocycles. The van der Waals surface area contributed by atoms with Crippen molar-refractivity contribution in [2.45, 2.75) is 32.3 Å². The Kier molecular flexibility index (Phi) is 5.55. The van der Waals surface area contributed by atoms with Crippen LogP contribution in [0.5, 0.6) is 11.5 Å². The Balaban J connectivity index is 0.00000106. The Bertz CT molecular complexity index is 1050. The first kappa shape index (κ1) is 20.1. The lowest BCUT2D eigenvalue weighted by molar-refractivity contribution is 0.0813. The third-order valence-corrected chi connectivity index (χ3v) is 5.41. The molecule has 1 saturated heterocycles. The molecule has 0 bridgehead atoms. The first-order valence-corrected chi connectivity index (χ1v) is 10.4. The Morgan fingerprint density at radius 2 is 1.73 bits per heavy atom. The van der Waals surface area contributed by atoms with Gasteiger partial charge in [0.25, 0.3) is 0 Å². The van der Waals surface area contributed by atoms with Crippen LogP contribution in [0.3, 0.4) is 0 Å². The molecule has 7 nitrogen and oxygen atoms in total. The number of piperidine rings is 1. The minimum absolute atomic E-state index is 0.229. The molecule has 2 aromatic carbocycles. The van der Waals surface area contributed by atoms with Gasteiger partial charge in [0.1, 0.15) is 17.1 Å². The van der Waals surface area contributed by atoms with E-state index in [1.807, 2.05) is 50.2 Å². The third-order valence-electron chi connectivity index (χ3n) is 5.41. The molecule has 2 aliphatic heterocycles. The second kappa shape index (κ2) is 8.28. The topological polar surface area (TPSA) is 85.1 Å². The molecule has 1 spiro atoms. The summed E-state index contributed by atoms with van der Waals surface area (Å²) in [6, 6.07) is 13.5. The predicted molar refractivity (Wildman–Crippen MR) is 116 cm³/mol. The molecule has 0 amide bonds. The summed E-state index contributed by atoms with van der Waals surface area (Å²) in [5.41, 5.74) is 3.33. The van der Waals surface area contributed by atoms with Gasteiger partial charge >= 0.3 is 0 Å². The van der Waals surface area contributed by atoms with Crippen molar-refractivity contribution in [2.75, 3.05) is 13.1 Å². The Morgan fingerprint density at radius 1 is 1.03 bits per heavy atom. The van der Waals surface area contributed by atoms with Crippen LogP contribution in [-0.4, -0.2) is 44.0 Å². The van der Waals surface area contributed by atoms with Crippen LogP contribution in [-0.2, 0) is 7.05 Å². The standard InChI is InChI=1S/C21H21N5O2.C2H6/c1-26-24-20(23-25-26)15-7-5-14(6-8-15)16-13-21(9-11-22-12-10-21)28-18-4-2-3-17(27)19(16)18;1-2/h2-8,13,22,27H,9-12H2,1H3;1-2H3. The molecule has 0 aliphatic carbocycles. The number of phenolic OH excluding ortho intramolecular Hbond substituents is 1. The van der Waals surface area contributed by atoms with Crippen LogP contribution in [0.2, 0.25) is 0 Å². The molecule has 3 aromatic rings. The zero-order chi connectivity index (χ0) is 21.1. The van der Waals surface area contributed by atoms with Crippen molar-refractivity contribution in [2.24, 2.45) is 7.05 Å². The molecule has 7 heteroatoms. The molecule has 5 rings (SSSR count). The maximum Gasteiger partial charge on any atom is 0.204 e. The summed E-state index contributed by atoms with van der Waals surface area (Å²) in [6.07, 6.45) is 3.98. The van der Waals surface area contributed by atoms with E-state index in [1.165, 1.54) is 4.80 Å². The number of nitrogens with one attached hydrogen (secondary N) is 1. The van der Waals surface area contributed by atoms with E-state index in [0.29, 0.717) is 5.82 Å². The number of hydrogen-bond acceptors (Lipinski definition) is 6. The number of phenols is 1. The fourth-order valence-corrected chi connectivity index (χ4v) is 3.98. The molecule has 3 heterocycles. The Labute approximate surface area is 176 Å². The van der Waals surface area contributed by atoms with Crippen molar-refractivity contribution < 1.29 is 9.84 Å². The molecule has 30 heavy (non-hydrogen) atoms. The van der Waals surface area contributed by atoms with Crippen molar-refractivity contribution >= 4 is 5.57 Å². The van der Waals surface area contributed by atoms with Crippen molar-refractivity contribution in [1.82, 2.24) is 25.5 Å². The van der Waals surface area contributed by atoms with E-state index in [2.05, 4.69) is 26.8 Å². The number of hydrogen-bond donors (Lipinski definition) is 2. The van der Waals surface area contributed by atoms with Gasteiger partial charge < -0.3 is 15.2 Å². The van der Waals surface area contributed by atoms with Gasteiger partial charge in [-0.3, -0.25) is 0 Å². The highest BCUT2D eigenvalue weighted by atomic mass is 16.5. The first-order valence-electron chi connectivity index (χ1n) is 10.4. The minimum atomic E-state index is -0.341. The van der Waals surface area contributed by atoms with E-state index in [9.17, 15) is 5.11 Å². The normalized spacial score (nSPS) is 16.7. The van der Waals surface area contributed by atoms with Crippen LogP contribution < -0.4 is 10.1 Å². The number of aryl methyl sites for hydroxylation is 1. The highest BCUT2D eigenvalue weighted by Gasteiger charge is 2.37. The maximum atomic E-state index is 10.5. The van der Waals surface area contributed by atoms with Crippen LogP contribution in [0.4, 0.5) is 0 Å². The molecule has 0 radical (unpaired) electrons. The average Bonchev–Trinajstić information content (AvgIpc) is 3.22. The lowest BCUT2D eigenvalue weighted by Gasteiger charge is -2.40. The van der Waals surface area contributed by atoms with Crippen molar-refractivity contribution in [1.29, 1.82) is 0 Å². The maximum absolute atomic E-state index is 10.5. The SMILES string of the molecule is CC.Cn1nnc(-c2ccc(C3=CC4(CCNCC4)Oc4cccc(O)c43)cc2)n1. The van der Waals surface area contributed by atoms with Crippen molar-refractivity contribution in [3.8, 4) is 22.9 Å². The number of benzene rings is 2. The third kappa shape index (κ3) is 3.68. The molecule has 156 valence electrons. The van der Waals surface area contributed by atoms with E-state index in [0.717, 1.165) is 53.9 Å². The monoisotopic (exact) mass is 405 g/mol. The number of aromatic nitrogens is 4. The van der Waals surface area contributed by atoms with Gasteiger partial charge in [-0.05, 0) is 47.6 Å². The second-order valence-corrected chi connectivity index (χ2v) is 7.30. The first-order chi connectivity index (χ1) is 14.6. The summed E-state index contributed by atoms with van der Waals surface area (Å²) >= 11 is 0. The molecule has 0 atom stereocenters. The molecule has 1 aromatic heterocycles. The number of rotatable bonds is 2. The molecular formula is C23H27N5O2. The minimum Gasteiger partial charge on any atom is -0.507 e. The Hall–Kier alpha value is -3.19. The second-order valence-electron chi connectivity index (χ2n) is 7.30. The number of fused-ring (bicyclic) bond motifs is 1. The molecule has 1 fully saturated rings. The molecule has 2 aliphatic rings. The number of tetrazole rings is 1. The van der Waals surface area contributed by atoms with Crippen LogP contribution in [0, 0.1) is 0 Å². The number of aromatic hydroxyl groups is 1. The van der Waals surface area contributed by atoms with Gasteiger partial charge in [-0.25, -0.2) is 0 Å². The largest absolute Gasteiger partial charge is 0.507 e. The highest BCUT2D eigenvalue weighted by Crippen LogP contribution is 2.46. The van der Waals surface area contributed by atoms with Gasteiger partial charge in [-0.15, -0.1) is 10.2 Å². The van der Waals surface area contributed by atoms with Gasteiger partial charge in [-0.1, -0.05) is 44.2 Å². The molecule has 2 N–H and O–H groups in total. The summed E-state index contributed by atoms with van der Waals surface area (Å²) in [5, 5.41) is 26.2. The molecule has 0 unspecified atom stereocenters. The van der Waals surface area contributed by atoms with Gasteiger partial charge in [0.15, 0.2) is 0 Å². The summed E-state index contributed by atoms with van der Waals surface area (Å²) in [6.45, 7) is 5.82. The van der Waals surface area contributed by atoms with Crippen molar-refractivity contribution in [3.63, 3.8) is 0 Å². The average molecular weight is 406 g/mol. The summed E-state index contributed by atoms with van der Waals surface area (Å²) in [4.78, 5) is 1.44. The van der Waals surface area contributed by atoms with Crippen LogP contribution in [0.1, 0.15) is 37.8 Å². The smallest absolute Gasteiger partial charge is 0.204 e. The zero-order valence-corrected chi connectivity index (χ0v) is 17.6. The van der Waals surface area contributed by atoms with Gasteiger partial charge in [-0.2, -0.15) is 4.80 Å². The van der Waals surface area contributed by atoms with Crippen molar-refractivity contribution in [3.05, 3.63) is 59.7 Å². The lowest BCUT2D eigenvalue weighted by atomic mass is 9.83. The van der Waals surface area contributed by atoms with Gasteiger partial charge in [0, 0.05) is 18.4 Å². The number of nitrogens with zero attached hydrogens (tertiary/aromatic N) is 4. The summed E-state index contributed by atoms with van der Waals surface area (Å²) in [7, 11) is 1.75.